The Labute approximate surface area is 117 Å². The van der Waals surface area contributed by atoms with Gasteiger partial charge in [0.1, 0.15) is 5.82 Å². The van der Waals surface area contributed by atoms with Crippen LogP contribution in [0.25, 0.3) is 0 Å². The lowest BCUT2D eigenvalue weighted by Gasteiger charge is -2.26. The zero-order chi connectivity index (χ0) is 13.9. The van der Waals surface area contributed by atoms with Gasteiger partial charge in [0, 0.05) is 11.6 Å². The van der Waals surface area contributed by atoms with Gasteiger partial charge in [-0.15, -0.1) is 0 Å². The molecule has 19 heavy (non-hydrogen) atoms. The summed E-state index contributed by atoms with van der Waals surface area (Å²) in [6, 6.07) is 4.17. The number of hydrogen-bond acceptors (Lipinski definition) is 2. The maximum Gasteiger partial charge on any atom is 0.232 e. The van der Waals surface area contributed by atoms with Crippen molar-refractivity contribution < 1.29 is 9.18 Å². The highest BCUT2D eigenvalue weighted by molar-refractivity contribution is 6.30. The molecule has 0 saturated carbocycles. The molecule has 104 valence electrons. The maximum absolute atomic E-state index is 13.6. The molecule has 0 spiro atoms. The number of anilines is 1. The Hall–Kier alpha value is -1.13. The fraction of sp³-hybridized carbons (Fsp3) is 0.500. The van der Waals surface area contributed by atoms with Crippen LogP contribution in [0.2, 0.25) is 5.02 Å². The molecule has 1 aliphatic rings. The fourth-order valence-electron chi connectivity index (χ4n) is 2.59. The molecule has 0 radical (unpaired) electrons. The van der Waals surface area contributed by atoms with Gasteiger partial charge in [0.25, 0.3) is 0 Å². The first-order valence-electron chi connectivity index (χ1n) is 6.54. The highest BCUT2D eigenvalue weighted by Crippen LogP contribution is 2.33. The quantitative estimate of drug-likeness (QED) is 0.891. The van der Waals surface area contributed by atoms with Crippen molar-refractivity contribution in [3.8, 4) is 0 Å². The molecule has 1 aliphatic heterocycles. The van der Waals surface area contributed by atoms with Crippen LogP contribution >= 0.6 is 11.6 Å². The fourth-order valence-corrected chi connectivity index (χ4v) is 2.76. The van der Waals surface area contributed by atoms with Crippen molar-refractivity contribution in [1.82, 2.24) is 5.32 Å². The number of halogens is 2. The topological polar surface area (TPSA) is 41.1 Å². The van der Waals surface area contributed by atoms with Crippen molar-refractivity contribution in [2.75, 3.05) is 18.4 Å². The predicted molar refractivity (Wildman–Crippen MR) is 74.9 cm³/mol. The molecule has 5 heteroatoms. The monoisotopic (exact) mass is 284 g/mol. The van der Waals surface area contributed by atoms with Crippen LogP contribution in [0.1, 0.15) is 26.2 Å². The van der Waals surface area contributed by atoms with Crippen LogP contribution in [0.15, 0.2) is 18.2 Å². The Bertz CT molecular complexity index is 473. The highest BCUT2D eigenvalue weighted by atomic mass is 35.5. The second-order valence-corrected chi connectivity index (χ2v) is 5.47. The van der Waals surface area contributed by atoms with Gasteiger partial charge in [-0.2, -0.15) is 0 Å². The third-order valence-corrected chi connectivity index (χ3v) is 3.87. The molecule has 1 heterocycles. The maximum atomic E-state index is 13.6. The van der Waals surface area contributed by atoms with Crippen molar-refractivity contribution in [2.24, 2.45) is 5.41 Å². The summed E-state index contributed by atoms with van der Waals surface area (Å²) in [5.41, 5.74) is -0.274. The summed E-state index contributed by atoms with van der Waals surface area (Å²) in [6.45, 7) is 3.52. The molecule has 3 nitrogen and oxygen atoms in total. The third kappa shape index (κ3) is 3.07. The van der Waals surface area contributed by atoms with Gasteiger partial charge in [-0.3, -0.25) is 4.79 Å². The van der Waals surface area contributed by atoms with E-state index in [1.54, 1.807) is 0 Å². The molecule has 0 aromatic heterocycles. The molecule has 1 unspecified atom stereocenters. The summed E-state index contributed by atoms with van der Waals surface area (Å²) in [5.74, 6) is -0.587. The summed E-state index contributed by atoms with van der Waals surface area (Å²) in [5, 5.41) is 6.30. The minimum absolute atomic E-state index is 0.125. The van der Waals surface area contributed by atoms with E-state index in [1.165, 1.54) is 18.2 Å². The van der Waals surface area contributed by atoms with E-state index in [0.717, 1.165) is 25.8 Å². The standard InChI is InChI=1S/C14H18ClFN2O/c1-2-5-14(6-7-17-9-14)13(19)18-12-8-10(15)3-4-11(12)16/h3-4,8,17H,2,5-7,9H2,1H3,(H,18,19). The number of amides is 1. The Morgan fingerprint density at radius 1 is 1.58 bits per heavy atom. The Morgan fingerprint density at radius 3 is 3.00 bits per heavy atom. The number of rotatable bonds is 4. The van der Waals surface area contributed by atoms with Crippen LogP contribution in [0.5, 0.6) is 0 Å². The van der Waals surface area contributed by atoms with Gasteiger partial charge in [0.05, 0.1) is 11.1 Å². The van der Waals surface area contributed by atoms with Crippen molar-refractivity contribution in [1.29, 1.82) is 0 Å². The lowest BCUT2D eigenvalue weighted by atomic mass is 9.81. The molecule has 1 aromatic rings. The molecule has 1 atom stereocenters. The van der Waals surface area contributed by atoms with Gasteiger partial charge < -0.3 is 10.6 Å². The predicted octanol–water partition coefficient (Wildman–Crippen LogP) is 3.20. The molecule has 2 N–H and O–H groups in total. The molecular weight excluding hydrogens is 267 g/mol. The zero-order valence-electron chi connectivity index (χ0n) is 10.9. The van der Waals surface area contributed by atoms with Crippen LogP contribution in [0.4, 0.5) is 10.1 Å². The second kappa shape index (κ2) is 5.88. The summed E-state index contributed by atoms with van der Waals surface area (Å²) >= 11 is 5.83. The Morgan fingerprint density at radius 2 is 2.37 bits per heavy atom. The number of benzene rings is 1. The summed E-state index contributed by atoms with van der Waals surface area (Å²) in [7, 11) is 0. The average Bonchev–Trinajstić information content (AvgIpc) is 2.84. The van der Waals surface area contributed by atoms with Crippen LogP contribution in [0, 0.1) is 11.2 Å². The molecule has 0 aliphatic carbocycles. The number of hydrogen-bond donors (Lipinski definition) is 2. The van der Waals surface area contributed by atoms with Gasteiger partial charge in [0.2, 0.25) is 5.91 Å². The molecule has 0 bridgehead atoms. The van der Waals surface area contributed by atoms with E-state index in [1.807, 2.05) is 6.92 Å². The van der Waals surface area contributed by atoms with E-state index < -0.39 is 11.2 Å². The smallest absolute Gasteiger partial charge is 0.232 e. The summed E-state index contributed by atoms with van der Waals surface area (Å²) < 4.78 is 13.6. The molecule has 1 aromatic carbocycles. The van der Waals surface area contributed by atoms with Crippen molar-refractivity contribution in [3.63, 3.8) is 0 Å². The number of carbonyl (C=O) groups excluding carboxylic acids is 1. The Kier molecular flexibility index (Phi) is 4.42. The van der Waals surface area contributed by atoms with Crippen molar-refractivity contribution in [2.45, 2.75) is 26.2 Å². The molecular formula is C14H18ClFN2O. The van der Waals surface area contributed by atoms with E-state index in [2.05, 4.69) is 10.6 Å². The average molecular weight is 285 g/mol. The first-order valence-corrected chi connectivity index (χ1v) is 6.92. The third-order valence-electron chi connectivity index (χ3n) is 3.63. The number of nitrogens with one attached hydrogen (secondary N) is 2. The van der Waals surface area contributed by atoms with Gasteiger partial charge in [0.15, 0.2) is 0 Å². The van der Waals surface area contributed by atoms with E-state index >= 15 is 0 Å². The van der Waals surface area contributed by atoms with Gasteiger partial charge >= 0.3 is 0 Å². The van der Waals surface area contributed by atoms with Crippen molar-refractivity contribution in [3.05, 3.63) is 29.0 Å². The first kappa shape index (κ1) is 14.3. The van der Waals surface area contributed by atoms with Crippen molar-refractivity contribution >= 4 is 23.2 Å². The van der Waals surface area contributed by atoms with Crippen LogP contribution in [-0.4, -0.2) is 19.0 Å². The van der Waals surface area contributed by atoms with E-state index in [-0.39, 0.29) is 11.6 Å². The number of carbonyl (C=O) groups is 1. The SMILES string of the molecule is CCCC1(C(=O)Nc2cc(Cl)ccc2F)CCNC1. The lowest BCUT2D eigenvalue weighted by molar-refractivity contribution is -0.125. The molecule has 1 fully saturated rings. The lowest BCUT2D eigenvalue weighted by Crippen LogP contribution is -2.38. The first-order chi connectivity index (χ1) is 9.07. The Balaban J connectivity index is 2.17. The summed E-state index contributed by atoms with van der Waals surface area (Å²) in [4.78, 5) is 12.4. The largest absolute Gasteiger partial charge is 0.323 e. The van der Waals surface area contributed by atoms with Crippen LogP contribution in [-0.2, 0) is 4.79 Å². The highest BCUT2D eigenvalue weighted by Gasteiger charge is 2.40. The molecule has 1 amide bonds. The van der Waals surface area contributed by atoms with E-state index in [4.69, 9.17) is 11.6 Å². The second-order valence-electron chi connectivity index (χ2n) is 5.04. The van der Waals surface area contributed by atoms with Gasteiger partial charge in [-0.1, -0.05) is 24.9 Å². The van der Waals surface area contributed by atoms with E-state index in [9.17, 15) is 9.18 Å². The minimum atomic E-state index is -0.463. The summed E-state index contributed by atoms with van der Waals surface area (Å²) in [6.07, 6.45) is 2.51. The zero-order valence-corrected chi connectivity index (χ0v) is 11.7. The van der Waals surface area contributed by atoms with Gasteiger partial charge in [-0.05, 0) is 37.6 Å². The van der Waals surface area contributed by atoms with Gasteiger partial charge in [-0.25, -0.2) is 4.39 Å². The van der Waals surface area contributed by atoms with Crippen LogP contribution in [0.3, 0.4) is 0 Å². The van der Waals surface area contributed by atoms with E-state index in [0.29, 0.717) is 11.6 Å². The minimum Gasteiger partial charge on any atom is -0.323 e. The molecule has 1 saturated heterocycles. The molecule has 2 rings (SSSR count). The normalized spacial score (nSPS) is 22.5. The van der Waals surface area contributed by atoms with Crippen LogP contribution < -0.4 is 10.6 Å².